The molecule has 0 saturated carbocycles. The van der Waals surface area contributed by atoms with Crippen LogP contribution in [0.5, 0.6) is 0 Å². The summed E-state index contributed by atoms with van der Waals surface area (Å²) in [5, 5.41) is 8.29. The summed E-state index contributed by atoms with van der Waals surface area (Å²) in [4.78, 5) is 18.9. The molecule has 0 N–H and O–H groups in total. The second kappa shape index (κ2) is 27.2. The minimum atomic E-state index is -2.39. The first-order chi connectivity index (χ1) is 29.9. The fourth-order valence-electron chi connectivity index (χ4n) is 9.74. The van der Waals surface area contributed by atoms with Crippen LogP contribution >= 0.6 is 45.3 Å². The molecule has 4 heterocycles. The quantitative estimate of drug-likeness (QED) is 0.0297. The van der Waals surface area contributed by atoms with E-state index in [-0.39, 0.29) is 0 Å². The normalized spacial score (nSPS) is 13.6. The van der Waals surface area contributed by atoms with E-state index in [0.717, 1.165) is 11.8 Å². The average molecular weight is 1130 g/mol. The van der Waals surface area contributed by atoms with Crippen LogP contribution in [0.15, 0.2) is 35.0 Å². The summed E-state index contributed by atoms with van der Waals surface area (Å²) in [6.45, 7) is 9.38. The Bertz CT molecular complexity index is 1810. The zero-order chi connectivity index (χ0) is 44.5. The molecule has 0 aliphatic carbocycles. The van der Waals surface area contributed by atoms with Crippen LogP contribution in [-0.2, 0) is 12.8 Å². The Hall–Kier alpha value is 0.137. The first-order valence-electron chi connectivity index (χ1n) is 26.1. The number of rotatable bonds is 32. The van der Waals surface area contributed by atoms with Gasteiger partial charge in [-0.1, -0.05) is 105 Å². The molecule has 0 aliphatic heterocycles. The number of unbranched alkanes of at least 4 members (excludes halogenated alkanes) is 16. The summed E-state index contributed by atoms with van der Waals surface area (Å²) in [5.74, 6) is 1.65. The summed E-state index contributed by atoms with van der Waals surface area (Å²) in [7, 11) is 0. The van der Waals surface area contributed by atoms with Gasteiger partial charge in [-0.15, -0.1) is 0 Å². The molecule has 2 unspecified atom stereocenters. The third-order valence-corrected chi connectivity index (χ3v) is 36.8. The van der Waals surface area contributed by atoms with Gasteiger partial charge in [-0.25, -0.2) is 0 Å². The molecule has 1 aromatic carbocycles. The molecule has 0 fully saturated rings. The first-order valence-corrected chi connectivity index (χ1v) is 49.4. The van der Waals surface area contributed by atoms with Crippen molar-refractivity contribution >= 4 is 108 Å². The van der Waals surface area contributed by atoms with Gasteiger partial charge in [-0.3, -0.25) is 0 Å². The van der Waals surface area contributed by atoms with E-state index in [2.05, 4.69) is 138 Å². The van der Waals surface area contributed by atoms with Crippen molar-refractivity contribution in [2.75, 3.05) is 0 Å². The van der Waals surface area contributed by atoms with Gasteiger partial charge in [-0.05, 0) is 0 Å². The van der Waals surface area contributed by atoms with Crippen molar-refractivity contribution in [1.82, 2.24) is 0 Å². The summed E-state index contributed by atoms with van der Waals surface area (Å²) in [5.41, 5.74) is 6.37. The van der Waals surface area contributed by atoms with Gasteiger partial charge in [0, 0.05) is 0 Å². The van der Waals surface area contributed by atoms with Crippen molar-refractivity contribution in [1.29, 1.82) is 0 Å². The molecule has 0 aliphatic rings. The third kappa shape index (κ3) is 16.1. The Kier molecular flexibility index (Phi) is 23.3. The predicted molar refractivity (Wildman–Crippen MR) is 298 cm³/mol. The first kappa shape index (κ1) is 53.1. The second-order valence-electron chi connectivity index (χ2n) is 21.5. The van der Waals surface area contributed by atoms with Crippen molar-refractivity contribution < 1.29 is 0 Å². The topological polar surface area (TPSA) is 0 Å². The van der Waals surface area contributed by atoms with Crippen molar-refractivity contribution in [3.05, 3.63) is 46.2 Å². The van der Waals surface area contributed by atoms with Crippen LogP contribution in [0.2, 0.25) is 29.6 Å². The van der Waals surface area contributed by atoms with E-state index < -0.39 is 36.8 Å². The van der Waals surface area contributed by atoms with Crippen LogP contribution in [0.4, 0.5) is 0 Å². The summed E-state index contributed by atoms with van der Waals surface area (Å²) in [6, 6.07) is 10.8. The molecule has 0 amide bonds. The maximum absolute atomic E-state index is 2.73. The molecule has 4 aromatic heterocycles. The summed E-state index contributed by atoms with van der Waals surface area (Å²) >= 11 is 3.74. The standard InChI is InChI=1S/C50H72S4.6CH3.2Sn/c1-5-9-13-17-19-23-27-39(25-21-15-11-7-3)33-41-35-45(53-37-41)47-43-29-31-52-50(43)48(44-30-32-51-49(44)47)46-36-42(38-54-46)34-40(26-22-16-12-8-4)28-24-20-18-14-10-6-2;;;;;;;;/h29-30,35-40H,5-28,33-34H2,1-4H3;6*1H3;;. The van der Waals surface area contributed by atoms with E-state index in [4.69, 9.17) is 0 Å². The van der Waals surface area contributed by atoms with E-state index in [9.17, 15) is 0 Å². The summed E-state index contributed by atoms with van der Waals surface area (Å²) < 4.78 is 6.64. The van der Waals surface area contributed by atoms with Crippen LogP contribution in [-0.4, -0.2) is 36.8 Å². The Balaban J connectivity index is 1.52. The Morgan fingerprint density at radius 1 is 0.403 bits per heavy atom. The molecule has 0 saturated heterocycles. The van der Waals surface area contributed by atoms with E-state index in [1.165, 1.54) is 177 Å². The van der Waals surface area contributed by atoms with Crippen molar-refractivity contribution in [2.45, 2.75) is 224 Å². The molecule has 0 bridgehead atoms. The van der Waals surface area contributed by atoms with Gasteiger partial charge >= 0.3 is 306 Å². The maximum atomic E-state index is 2.73. The number of hydrogen-bond donors (Lipinski definition) is 0. The third-order valence-electron chi connectivity index (χ3n) is 13.6. The Morgan fingerprint density at radius 2 is 0.710 bits per heavy atom. The van der Waals surface area contributed by atoms with Gasteiger partial charge in [-0.2, -0.15) is 0 Å². The number of thiophene rings is 4. The molecule has 5 rings (SSSR count). The molecular formula is C56H90S4Sn2. The number of hydrogen-bond acceptors (Lipinski definition) is 4. The van der Waals surface area contributed by atoms with Crippen LogP contribution < -0.4 is 5.79 Å². The van der Waals surface area contributed by atoms with Crippen molar-refractivity contribution in [3.63, 3.8) is 0 Å². The van der Waals surface area contributed by atoms with Crippen molar-refractivity contribution in [3.8, 4) is 20.9 Å². The Morgan fingerprint density at radius 3 is 1.03 bits per heavy atom. The van der Waals surface area contributed by atoms with E-state index in [1.54, 1.807) is 48.2 Å². The molecule has 6 heteroatoms. The van der Waals surface area contributed by atoms with Crippen LogP contribution in [0.1, 0.15) is 193 Å². The minimum absolute atomic E-state index is 0.823. The van der Waals surface area contributed by atoms with Gasteiger partial charge in [0.05, 0.1) is 0 Å². The average Bonchev–Trinajstić information content (AvgIpc) is 4.06. The van der Waals surface area contributed by atoms with Gasteiger partial charge in [0.15, 0.2) is 0 Å². The monoisotopic (exact) mass is 1130 g/mol. The van der Waals surface area contributed by atoms with Gasteiger partial charge in [0.25, 0.3) is 0 Å². The molecular weight excluding hydrogens is 1040 g/mol. The van der Waals surface area contributed by atoms with Gasteiger partial charge < -0.3 is 0 Å². The molecule has 0 nitrogen and oxygen atoms in total. The molecule has 0 spiro atoms. The second-order valence-corrected chi connectivity index (χ2v) is 56.3. The van der Waals surface area contributed by atoms with Gasteiger partial charge in [0.2, 0.25) is 0 Å². The number of benzene rings is 1. The fourth-order valence-corrected chi connectivity index (χ4v) is 24.7. The zero-order valence-electron chi connectivity index (χ0n) is 41.6. The fraction of sp³-hybridized carbons (Fsp3) is 0.679. The molecule has 346 valence electrons. The van der Waals surface area contributed by atoms with Crippen molar-refractivity contribution in [2.24, 2.45) is 11.8 Å². The zero-order valence-corrected chi connectivity index (χ0v) is 50.6. The Labute approximate surface area is 407 Å². The van der Waals surface area contributed by atoms with E-state index in [0.29, 0.717) is 0 Å². The van der Waals surface area contributed by atoms with Crippen LogP contribution in [0.25, 0.3) is 41.1 Å². The van der Waals surface area contributed by atoms with Crippen LogP contribution in [0, 0.1) is 11.8 Å². The molecule has 62 heavy (non-hydrogen) atoms. The number of fused-ring (bicyclic) bond motifs is 2. The predicted octanol–water partition coefficient (Wildman–Crippen LogP) is 20.4. The van der Waals surface area contributed by atoms with E-state index >= 15 is 0 Å². The molecule has 5 aromatic rings. The van der Waals surface area contributed by atoms with Crippen LogP contribution in [0.3, 0.4) is 0 Å². The van der Waals surface area contributed by atoms with E-state index in [1.807, 2.05) is 0 Å². The molecule has 0 radical (unpaired) electrons. The van der Waals surface area contributed by atoms with Gasteiger partial charge in [0.1, 0.15) is 0 Å². The summed E-state index contributed by atoms with van der Waals surface area (Å²) in [6.07, 6.45) is 36.1. The SMILES string of the molecule is CCCCCCCCC(CCCCCC)Cc1csc(-c2c3c[c]([Sn]([CH3])([CH3])[CH3])sc3c(-c3cc(CC(CCCCCC)CCCCCCCC)cs3)c3c[c]([Sn]([CH3])([CH3])[CH3])sc23)c1. The molecule has 2 atom stereocenters.